The minimum absolute atomic E-state index is 0.0620. The van der Waals surface area contributed by atoms with Crippen molar-refractivity contribution in [3.05, 3.63) is 56.8 Å². The maximum absolute atomic E-state index is 14.3. The van der Waals surface area contributed by atoms with E-state index in [-0.39, 0.29) is 28.6 Å². The van der Waals surface area contributed by atoms with Crippen molar-refractivity contribution in [1.29, 1.82) is 0 Å². The van der Waals surface area contributed by atoms with Crippen LogP contribution >= 0.6 is 34.2 Å². The minimum Gasteiger partial charge on any atom is -0.394 e. The Hall–Kier alpha value is -1.99. The van der Waals surface area contributed by atoms with Crippen LogP contribution in [0.4, 0.5) is 15.8 Å². The van der Waals surface area contributed by atoms with Crippen molar-refractivity contribution in [2.24, 2.45) is 0 Å². The normalized spacial score (nSPS) is 12.2. The molecule has 0 unspecified atom stereocenters. The molecule has 0 saturated heterocycles. The highest BCUT2D eigenvalue weighted by atomic mass is 127. The molecule has 0 radical (unpaired) electrons. The lowest BCUT2D eigenvalue weighted by molar-refractivity contribution is -0.0295. The lowest BCUT2D eigenvalue weighted by atomic mass is 10.2. The van der Waals surface area contributed by atoms with Gasteiger partial charge in [0.1, 0.15) is 23.6 Å². The van der Waals surface area contributed by atoms with E-state index in [4.69, 9.17) is 21.5 Å². The molecule has 0 aliphatic carbocycles. The molecule has 0 saturated carbocycles. The molecule has 0 spiro atoms. The summed E-state index contributed by atoms with van der Waals surface area (Å²) in [6.07, 6.45) is 3.43. The number of nitrogens with zero attached hydrogens (tertiary/aromatic N) is 2. The summed E-state index contributed by atoms with van der Waals surface area (Å²) < 4.78 is 16.5. The number of imidazole rings is 1. The van der Waals surface area contributed by atoms with Gasteiger partial charge in [0.25, 0.3) is 5.91 Å². The molecule has 0 aliphatic heterocycles. The van der Waals surface area contributed by atoms with Gasteiger partial charge >= 0.3 is 0 Å². The summed E-state index contributed by atoms with van der Waals surface area (Å²) in [5.41, 5.74) is 2.87. The highest BCUT2D eigenvalue weighted by molar-refractivity contribution is 14.1. The Morgan fingerprint density at radius 3 is 2.96 bits per heavy atom. The second-order valence-corrected chi connectivity index (χ2v) is 7.34. The van der Waals surface area contributed by atoms with Gasteiger partial charge in [-0.25, -0.2) is 14.9 Å². The fraction of sp³-hybridized carbons (Fsp3) is 0.176. The number of aromatic nitrogens is 2. The fourth-order valence-corrected chi connectivity index (χ4v) is 3.10. The number of pyridine rings is 1. The molecule has 1 atom stereocenters. The number of carbonyl (C=O) groups is 1. The fourth-order valence-electron chi connectivity index (χ4n) is 2.35. The van der Waals surface area contributed by atoms with Gasteiger partial charge in [0.2, 0.25) is 0 Å². The van der Waals surface area contributed by atoms with Crippen LogP contribution in [0.2, 0.25) is 5.02 Å². The van der Waals surface area contributed by atoms with E-state index >= 15 is 0 Å². The second kappa shape index (κ2) is 9.01. The Balaban J connectivity index is 1.96. The lowest BCUT2D eigenvalue weighted by Gasteiger charge is -2.16. The second-order valence-electron chi connectivity index (χ2n) is 5.72. The highest BCUT2D eigenvalue weighted by Gasteiger charge is 2.20. The van der Waals surface area contributed by atoms with Gasteiger partial charge in [-0.15, -0.1) is 0 Å². The van der Waals surface area contributed by atoms with Gasteiger partial charge in [0, 0.05) is 22.2 Å². The molecule has 2 aromatic heterocycles. The van der Waals surface area contributed by atoms with E-state index < -0.39 is 24.4 Å². The van der Waals surface area contributed by atoms with Crippen molar-refractivity contribution in [1.82, 2.24) is 14.9 Å². The standard InChI is InChI=1S/C17H15ClFIN4O4/c18-14-15(22-13-2-1-9(20)5-12(13)19)11(6-24-4-3-21-16(14)24)17(27)23-28-8-10(26)7-25/h1-6,10,22,25-26H,7-8H2,(H,23,27)/t10-/m1/s1. The molecule has 3 rings (SSSR count). The van der Waals surface area contributed by atoms with Crippen molar-refractivity contribution in [3.8, 4) is 0 Å². The number of aliphatic hydroxyl groups excluding tert-OH is 2. The molecule has 3 aromatic rings. The van der Waals surface area contributed by atoms with Crippen LogP contribution in [0.5, 0.6) is 0 Å². The number of aliphatic hydroxyl groups is 2. The number of hydrogen-bond acceptors (Lipinski definition) is 6. The van der Waals surface area contributed by atoms with Crippen LogP contribution in [0, 0.1) is 9.39 Å². The van der Waals surface area contributed by atoms with Gasteiger partial charge in [-0.05, 0) is 40.8 Å². The summed E-state index contributed by atoms with van der Waals surface area (Å²) in [6, 6.07) is 4.57. The van der Waals surface area contributed by atoms with Gasteiger partial charge in [0.05, 0.1) is 23.5 Å². The van der Waals surface area contributed by atoms with Crippen LogP contribution in [0.15, 0.2) is 36.8 Å². The van der Waals surface area contributed by atoms with Crippen LogP contribution in [-0.4, -0.2) is 44.8 Å². The van der Waals surface area contributed by atoms with E-state index in [9.17, 15) is 14.3 Å². The van der Waals surface area contributed by atoms with E-state index in [1.54, 1.807) is 12.3 Å². The van der Waals surface area contributed by atoms with Gasteiger partial charge < -0.3 is 19.9 Å². The molecule has 2 heterocycles. The topological polar surface area (TPSA) is 108 Å². The Morgan fingerprint density at radius 1 is 1.46 bits per heavy atom. The van der Waals surface area contributed by atoms with E-state index in [1.807, 2.05) is 22.6 Å². The zero-order valence-corrected chi connectivity index (χ0v) is 17.1. The number of rotatable bonds is 7. The van der Waals surface area contributed by atoms with Crippen LogP contribution in [-0.2, 0) is 4.84 Å². The number of benzene rings is 1. The van der Waals surface area contributed by atoms with E-state index in [2.05, 4.69) is 15.8 Å². The van der Waals surface area contributed by atoms with Gasteiger partial charge in [-0.2, -0.15) is 0 Å². The maximum atomic E-state index is 14.3. The smallest absolute Gasteiger partial charge is 0.278 e. The van der Waals surface area contributed by atoms with Crippen LogP contribution in [0.25, 0.3) is 5.65 Å². The predicted octanol–water partition coefficient (Wildman–Crippen LogP) is 2.49. The van der Waals surface area contributed by atoms with E-state index in [1.165, 1.54) is 28.9 Å². The van der Waals surface area contributed by atoms with Crippen molar-refractivity contribution in [2.45, 2.75) is 6.10 Å². The molecule has 0 aliphatic rings. The zero-order valence-electron chi connectivity index (χ0n) is 14.2. The summed E-state index contributed by atoms with van der Waals surface area (Å²) in [5.74, 6) is -1.20. The third-order valence-corrected chi connectivity index (χ3v) is 4.74. The Bertz CT molecular complexity index is 1020. The van der Waals surface area contributed by atoms with Gasteiger partial charge in [-0.3, -0.25) is 9.63 Å². The molecule has 0 fully saturated rings. The van der Waals surface area contributed by atoms with Crippen LogP contribution < -0.4 is 10.8 Å². The number of fused-ring (bicyclic) bond motifs is 1. The largest absolute Gasteiger partial charge is 0.394 e. The van der Waals surface area contributed by atoms with E-state index in [0.717, 1.165) is 0 Å². The average molecular weight is 521 g/mol. The molecule has 1 amide bonds. The van der Waals surface area contributed by atoms with Crippen LogP contribution in [0.3, 0.4) is 0 Å². The summed E-state index contributed by atoms with van der Waals surface area (Å²) >= 11 is 8.39. The zero-order chi connectivity index (χ0) is 20.3. The number of carbonyl (C=O) groups excluding carboxylic acids is 1. The predicted molar refractivity (Wildman–Crippen MR) is 109 cm³/mol. The molecular weight excluding hydrogens is 506 g/mol. The van der Waals surface area contributed by atoms with Crippen LogP contribution in [0.1, 0.15) is 10.4 Å². The summed E-state index contributed by atoms with van der Waals surface area (Å²) in [4.78, 5) is 21.6. The SMILES string of the molecule is O=C(NOC[C@H](O)CO)c1cn2ccnc2c(Cl)c1Nc1ccc(I)cc1F. The minimum atomic E-state index is -1.14. The van der Waals surface area contributed by atoms with E-state index in [0.29, 0.717) is 9.22 Å². The molecular formula is C17H15ClFIN4O4. The molecule has 1 aromatic carbocycles. The monoisotopic (exact) mass is 520 g/mol. The molecule has 0 bridgehead atoms. The number of nitrogens with one attached hydrogen (secondary N) is 2. The first kappa shape index (κ1) is 20.7. The number of hydrogen-bond donors (Lipinski definition) is 4. The Labute approximate surface area is 177 Å². The third kappa shape index (κ3) is 4.52. The molecule has 148 valence electrons. The number of halogens is 3. The summed E-state index contributed by atoms with van der Waals surface area (Å²) in [7, 11) is 0. The first-order valence-corrected chi connectivity index (χ1v) is 9.44. The molecule has 28 heavy (non-hydrogen) atoms. The summed E-state index contributed by atoms with van der Waals surface area (Å²) in [5, 5.41) is 21.0. The first-order valence-electron chi connectivity index (χ1n) is 7.99. The van der Waals surface area contributed by atoms with Crippen molar-refractivity contribution in [3.63, 3.8) is 0 Å². The average Bonchev–Trinajstić information content (AvgIpc) is 3.14. The molecule has 11 heteroatoms. The maximum Gasteiger partial charge on any atom is 0.278 e. The first-order chi connectivity index (χ1) is 13.4. The van der Waals surface area contributed by atoms with Gasteiger partial charge in [-0.1, -0.05) is 11.6 Å². The molecule has 4 N–H and O–H groups in total. The molecule has 8 nitrogen and oxygen atoms in total. The quantitative estimate of drug-likeness (QED) is 0.282. The summed E-state index contributed by atoms with van der Waals surface area (Å²) in [6.45, 7) is -0.820. The third-order valence-electron chi connectivity index (χ3n) is 3.71. The Kier molecular flexibility index (Phi) is 6.67. The number of amides is 1. The number of anilines is 2. The van der Waals surface area contributed by atoms with Crippen molar-refractivity contribution >= 4 is 57.1 Å². The Morgan fingerprint density at radius 2 is 2.25 bits per heavy atom. The lowest BCUT2D eigenvalue weighted by Crippen LogP contribution is -2.30. The van der Waals surface area contributed by atoms with Gasteiger partial charge in [0.15, 0.2) is 5.65 Å². The van der Waals surface area contributed by atoms with Crippen molar-refractivity contribution in [2.75, 3.05) is 18.5 Å². The van der Waals surface area contributed by atoms with Crippen molar-refractivity contribution < 1.29 is 24.2 Å². The highest BCUT2D eigenvalue weighted by Crippen LogP contribution is 2.33. The number of hydroxylamine groups is 1.